The number of benzene rings is 1. The first-order valence-electron chi connectivity index (χ1n) is 9.69. The molecule has 0 saturated heterocycles. The molecule has 1 atom stereocenters. The number of para-hydroxylation sites is 1. The van der Waals surface area contributed by atoms with Gasteiger partial charge in [0, 0.05) is 24.8 Å². The van der Waals surface area contributed by atoms with Crippen molar-refractivity contribution in [2.24, 2.45) is 0 Å². The molecule has 27 heavy (non-hydrogen) atoms. The Labute approximate surface area is 158 Å². The Morgan fingerprint density at radius 1 is 1.11 bits per heavy atom. The average molecular weight is 367 g/mol. The zero-order chi connectivity index (χ0) is 18.6. The highest BCUT2D eigenvalue weighted by atomic mass is 16.3. The third-order valence-electron chi connectivity index (χ3n) is 5.52. The average Bonchev–Trinajstić information content (AvgIpc) is 3.44. The maximum absolute atomic E-state index is 12.3. The predicted octanol–water partition coefficient (Wildman–Crippen LogP) is 2.56. The van der Waals surface area contributed by atoms with Crippen LogP contribution in [0.2, 0.25) is 0 Å². The number of nitrogens with one attached hydrogen (secondary N) is 2. The van der Waals surface area contributed by atoms with E-state index in [2.05, 4.69) is 27.7 Å². The highest BCUT2D eigenvalue weighted by molar-refractivity contribution is 6.35. The summed E-state index contributed by atoms with van der Waals surface area (Å²) in [6, 6.07) is 12.0. The van der Waals surface area contributed by atoms with Crippen molar-refractivity contribution in [1.29, 1.82) is 0 Å². The molecule has 4 rings (SSSR count). The van der Waals surface area contributed by atoms with Gasteiger partial charge in [-0.15, -0.1) is 0 Å². The Morgan fingerprint density at radius 2 is 1.93 bits per heavy atom. The van der Waals surface area contributed by atoms with Crippen LogP contribution in [0.4, 0.5) is 5.69 Å². The van der Waals surface area contributed by atoms with Gasteiger partial charge in [0.15, 0.2) is 0 Å². The lowest BCUT2D eigenvalue weighted by molar-refractivity contribution is -0.139. The summed E-state index contributed by atoms with van der Waals surface area (Å²) in [5.41, 5.74) is 2.45. The molecule has 0 bridgehead atoms. The van der Waals surface area contributed by atoms with Gasteiger partial charge in [-0.1, -0.05) is 31.0 Å². The standard InChI is InChI=1S/C21H25N3O3/c25-20(21(26)23-16-7-2-3-8-16)22-14-18(19-10-5-13-27-19)24-12-11-15-6-1-4-9-17(15)24/h1,4-6,9-10,13,16,18H,2-3,7-8,11-12,14H2,(H,22,25)(H,23,26)/t18-/m0/s1. The molecular formula is C21H25N3O3. The van der Waals surface area contributed by atoms with Gasteiger partial charge in [-0.2, -0.15) is 0 Å². The molecule has 142 valence electrons. The van der Waals surface area contributed by atoms with E-state index < -0.39 is 11.8 Å². The van der Waals surface area contributed by atoms with Gasteiger partial charge in [-0.05, 0) is 43.0 Å². The lowest BCUT2D eigenvalue weighted by atomic mass is 10.1. The number of rotatable bonds is 5. The van der Waals surface area contributed by atoms with E-state index in [4.69, 9.17) is 4.42 Å². The number of nitrogens with zero attached hydrogens (tertiary/aromatic N) is 1. The summed E-state index contributed by atoms with van der Waals surface area (Å²) in [5, 5.41) is 5.63. The van der Waals surface area contributed by atoms with Crippen LogP contribution in [0.1, 0.15) is 43.0 Å². The summed E-state index contributed by atoms with van der Waals surface area (Å²) in [6.07, 6.45) is 6.74. The Bertz CT molecular complexity index is 797. The second-order valence-electron chi connectivity index (χ2n) is 7.27. The summed E-state index contributed by atoms with van der Waals surface area (Å²) >= 11 is 0. The molecule has 2 N–H and O–H groups in total. The minimum atomic E-state index is -0.578. The minimum absolute atomic E-state index is 0.134. The first kappa shape index (κ1) is 17.6. The van der Waals surface area contributed by atoms with Crippen LogP contribution in [0.15, 0.2) is 47.1 Å². The number of hydrogen-bond acceptors (Lipinski definition) is 4. The van der Waals surface area contributed by atoms with Crippen LogP contribution in [0.3, 0.4) is 0 Å². The van der Waals surface area contributed by atoms with E-state index in [1.54, 1.807) is 6.26 Å². The van der Waals surface area contributed by atoms with Crippen LogP contribution in [-0.2, 0) is 16.0 Å². The van der Waals surface area contributed by atoms with Crippen molar-refractivity contribution in [1.82, 2.24) is 10.6 Å². The summed E-state index contributed by atoms with van der Waals surface area (Å²) in [7, 11) is 0. The second kappa shape index (κ2) is 7.86. The van der Waals surface area contributed by atoms with Crippen molar-refractivity contribution in [2.75, 3.05) is 18.0 Å². The van der Waals surface area contributed by atoms with E-state index in [1.165, 1.54) is 5.56 Å². The van der Waals surface area contributed by atoms with E-state index in [9.17, 15) is 9.59 Å². The molecule has 1 saturated carbocycles. The monoisotopic (exact) mass is 367 g/mol. The Hall–Kier alpha value is -2.76. The number of fused-ring (bicyclic) bond motifs is 1. The molecule has 1 fully saturated rings. The van der Waals surface area contributed by atoms with Gasteiger partial charge in [0.1, 0.15) is 11.8 Å². The van der Waals surface area contributed by atoms with Gasteiger partial charge >= 0.3 is 11.8 Å². The van der Waals surface area contributed by atoms with Gasteiger partial charge in [-0.3, -0.25) is 9.59 Å². The first-order chi connectivity index (χ1) is 13.2. The van der Waals surface area contributed by atoms with Crippen molar-refractivity contribution >= 4 is 17.5 Å². The van der Waals surface area contributed by atoms with Crippen molar-refractivity contribution in [2.45, 2.75) is 44.2 Å². The van der Waals surface area contributed by atoms with Crippen LogP contribution in [0.25, 0.3) is 0 Å². The summed E-state index contributed by atoms with van der Waals surface area (Å²) < 4.78 is 5.63. The lowest BCUT2D eigenvalue weighted by Gasteiger charge is -2.29. The molecule has 2 aliphatic rings. The molecule has 6 nitrogen and oxygen atoms in total. The normalized spacial score (nSPS) is 17.6. The third kappa shape index (κ3) is 3.84. The smallest absolute Gasteiger partial charge is 0.309 e. The first-order valence-corrected chi connectivity index (χ1v) is 9.69. The largest absolute Gasteiger partial charge is 0.467 e. The van der Waals surface area contributed by atoms with Crippen LogP contribution < -0.4 is 15.5 Å². The molecule has 1 aromatic heterocycles. The number of amides is 2. The molecule has 0 unspecified atom stereocenters. The Balaban J connectivity index is 1.43. The third-order valence-corrected chi connectivity index (χ3v) is 5.52. The lowest BCUT2D eigenvalue weighted by Crippen LogP contribution is -2.46. The zero-order valence-electron chi connectivity index (χ0n) is 15.3. The zero-order valence-corrected chi connectivity index (χ0v) is 15.3. The highest BCUT2D eigenvalue weighted by Crippen LogP contribution is 2.34. The van der Waals surface area contributed by atoms with E-state index in [1.807, 2.05) is 24.3 Å². The highest BCUT2D eigenvalue weighted by Gasteiger charge is 2.30. The molecule has 2 amide bonds. The quantitative estimate of drug-likeness (QED) is 0.797. The molecule has 1 aliphatic heterocycles. The molecule has 0 radical (unpaired) electrons. The van der Waals surface area contributed by atoms with E-state index in [0.717, 1.165) is 50.1 Å². The van der Waals surface area contributed by atoms with Gasteiger partial charge in [-0.25, -0.2) is 0 Å². The summed E-state index contributed by atoms with van der Waals surface area (Å²) in [5.74, 6) is -0.337. The number of hydrogen-bond donors (Lipinski definition) is 2. The van der Waals surface area contributed by atoms with Gasteiger partial charge in [0.2, 0.25) is 0 Å². The predicted molar refractivity (Wildman–Crippen MR) is 102 cm³/mol. The van der Waals surface area contributed by atoms with E-state index >= 15 is 0 Å². The van der Waals surface area contributed by atoms with Crippen molar-refractivity contribution in [3.63, 3.8) is 0 Å². The molecular weight excluding hydrogens is 342 g/mol. The Kier molecular flexibility index (Phi) is 5.14. The molecule has 0 spiro atoms. The van der Waals surface area contributed by atoms with Crippen LogP contribution in [0.5, 0.6) is 0 Å². The van der Waals surface area contributed by atoms with Crippen LogP contribution in [-0.4, -0.2) is 30.9 Å². The van der Waals surface area contributed by atoms with Crippen molar-refractivity contribution in [3.8, 4) is 0 Å². The van der Waals surface area contributed by atoms with Crippen LogP contribution >= 0.6 is 0 Å². The van der Waals surface area contributed by atoms with Gasteiger partial charge in [0.25, 0.3) is 0 Å². The second-order valence-corrected chi connectivity index (χ2v) is 7.27. The maximum atomic E-state index is 12.3. The van der Waals surface area contributed by atoms with E-state index in [-0.39, 0.29) is 12.1 Å². The maximum Gasteiger partial charge on any atom is 0.309 e. The minimum Gasteiger partial charge on any atom is -0.467 e. The number of carbonyl (C=O) groups excluding carboxylic acids is 2. The molecule has 2 heterocycles. The van der Waals surface area contributed by atoms with Gasteiger partial charge < -0.3 is 20.0 Å². The fourth-order valence-electron chi connectivity index (χ4n) is 4.12. The Morgan fingerprint density at radius 3 is 2.70 bits per heavy atom. The molecule has 2 aromatic rings. The molecule has 6 heteroatoms. The van der Waals surface area contributed by atoms with Crippen molar-refractivity contribution in [3.05, 3.63) is 54.0 Å². The topological polar surface area (TPSA) is 74.6 Å². The van der Waals surface area contributed by atoms with Crippen molar-refractivity contribution < 1.29 is 14.0 Å². The summed E-state index contributed by atoms with van der Waals surface area (Å²) in [6.45, 7) is 1.17. The fraction of sp³-hybridized carbons (Fsp3) is 0.429. The number of anilines is 1. The number of furan rings is 1. The van der Waals surface area contributed by atoms with Gasteiger partial charge in [0.05, 0.1) is 6.26 Å². The van der Waals surface area contributed by atoms with E-state index in [0.29, 0.717) is 6.54 Å². The molecule has 1 aliphatic carbocycles. The number of carbonyl (C=O) groups is 2. The SMILES string of the molecule is O=C(NC[C@@H](c1ccco1)N1CCc2ccccc21)C(=O)NC1CCCC1. The summed E-state index contributed by atoms with van der Waals surface area (Å²) in [4.78, 5) is 26.7. The molecule has 1 aromatic carbocycles. The van der Waals surface area contributed by atoms with Crippen LogP contribution in [0, 0.1) is 0 Å². The fourth-order valence-corrected chi connectivity index (χ4v) is 4.12.